The quantitative estimate of drug-likeness (QED) is 0.390. The lowest BCUT2D eigenvalue weighted by molar-refractivity contribution is 0.700. The van der Waals surface area contributed by atoms with Gasteiger partial charge >= 0.3 is 0 Å². The highest BCUT2D eigenvalue weighted by Crippen LogP contribution is 2.16. The molecule has 0 N–H and O–H groups in total. The maximum absolute atomic E-state index is 3.63. The molecule has 162 valence electrons. The Hall–Kier alpha value is -1.56. The van der Waals surface area contributed by atoms with Crippen LogP contribution in [0, 0.1) is 5.92 Å². The third-order valence-corrected chi connectivity index (χ3v) is 4.30. The summed E-state index contributed by atoms with van der Waals surface area (Å²) in [5.41, 5.74) is 1.45. The average Bonchev–Trinajstić information content (AvgIpc) is 2.76. The third-order valence-electron chi connectivity index (χ3n) is 4.30. The molecule has 0 heterocycles. The molecule has 0 saturated carbocycles. The maximum Gasteiger partial charge on any atom is -0.0193 e. The first kappa shape index (κ1) is 31.1. The zero-order chi connectivity index (χ0) is 22.0. The number of benzene rings is 1. The van der Waals surface area contributed by atoms with Gasteiger partial charge < -0.3 is 0 Å². The van der Waals surface area contributed by atoms with Crippen LogP contribution in [0.5, 0.6) is 0 Å². The zero-order valence-corrected chi connectivity index (χ0v) is 20.4. The fraction of sp³-hybridized carbons (Fsp3) is 0.571. The van der Waals surface area contributed by atoms with Crippen molar-refractivity contribution in [1.82, 2.24) is 0 Å². The van der Waals surface area contributed by atoms with Crippen molar-refractivity contribution in [2.75, 3.05) is 0 Å². The highest BCUT2D eigenvalue weighted by atomic mass is 14.0. The van der Waals surface area contributed by atoms with Gasteiger partial charge in [0.25, 0.3) is 0 Å². The minimum absolute atomic E-state index is 0.699. The topological polar surface area (TPSA) is 0 Å². The Morgan fingerprint density at radius 1 is 0.679 bits per heavy atom. The lowest BCUT2D eigenvalue weighted by Crippen LogP contribution is -1.88. The second-order valence-corrected chi connectivity index (χ2v) is 6.92. The Labute approximate surface area is 178 Å². The molecule has 0 radical (unpaired) electrons. The first-order chi connectivity index (χ1) is 13.5. The molecule has 0 bridgehead atoms. The van der Waals surface area contributed by atoms with Crippen molar-refractivity contribution >= 4 is 0 Å². The van der Waals surface area contributed by atoms with Crippen LogP contribution in [-0.2, 0) is 0 Å². The molecule has 0 spiro atoms. The minimum atomic E-state index is 0.699. The van der Waals surface area contributed by atoms with E-state index in [4.69, 9.17) is 0 Å². The lowest BCUT2D eigenvalue weighted by Gasteiger charge is -2.06. The number of rotatable bonds is 8. The van der Waals surface area contributed by atoms with Gasteiger partial charge in [0.2, 0.25) is 0 Å². The van der Waals surface area contributed by atoms with E-state index in [-0.39, 0.29) is 0 Å². The molecule has 0 aromatic heterocycles. The molecule has 2 unspecified atom stereocenters. The summed E-state index contributed by atoms with van der Waals surface area (Å²) in [5, 5.41) is 0. The molecule has 0 amide bonds. The monoisotopic (exact) mass is 386 g/mol. The van der Waals surface area contributed by atoms with Crippen molar-refractivity contribution in [3.63, 3.8) is 0 Å². The van der Waals surface area contributed by atoms with Gasteiger partial charge in [-0.3, -0.25) is 0 Å². The summed E-state index contributed by atoms with van der Waals surface area (Å²) in [6.07, 6.45) is 17.8. The van der Waals surface area contributed by atoms with Crippen LogP contribution in [0.3, 0.4) is 0 Å². The smallest absolute Gasteiger partial charge is 0.0193 e. The van der Waals surface area contributed by atoms with Gasteiger partial charge in [-0.25, -0.2) is 0 Å². The van der Waals surface area contributed by atoms with E-state index in [0.29, 0.717) is 11.8 Å². The summed E-state index contributed by atoms with van der Waals surface area (Å²) in [6, 6.07) is 10.6. The predicted molar refractivity (Wildman–Crippen MR) is 134 cm³/mol. The SMILES string of the molecule is C=CC(C)CC.CC/C=C/CC.CC/C=C\CC.CCC(C)c1ccccc1. The minimum Gasteiger partial charge on any atom is -0.103 e. The molecular formula is C28H50. The van der Waals surface area contributed by atoms with Crippen LogP contribution in [0.4, 0.5) is 0 Å². The van der Waals surface area contributed by atoms with Crippen LogP contribution >= 0.6 is 0 Å². The highest BCUT2D eigenvalue weighted by Gasteiger charge is 1.98. The molecule has 1 aromatic rings. The highest BCUT2D eigenvalue weighted by molar-refractivity contribution is 5.18. The molecule has 0 saturated heterocycles. The van der Waals surface area contributed by atoms with E-state index in [1.54, 1.807) is 0 Å². The van der Waals surface area contributed by atoms with Gasteiger partial charge in [0.05, 0.1) is 0 Å². The Balaban J connectivity index is -0.000000309. The van der Waals surface area contributed by atoms with Crippen molar-refractivity contribution in [2.24, 2.45) is 5.92 Å². The zero-order valence-electron chi connectivity index (χ0n) is 20.4. The maximum atomic E-state index is 3.63. The normalized spacial score (nSPS) is 12.0. The Kier molecular flexibility index (Phi) is 30.8. The largest absolute Gasteiger partial charge is 0.103 e. The van der Waals surface area contributed by atoms with Crippen molar-refractivity contribution in [1.29, 1.82) is 0 Å². The van der Waals surface area contributed by atoms with E-state index in [2.05, 4.69) is 117 Å². The number of allylic oxidation sites excluding steroid dienone is 5. The van der Waals surface area contributed by atoms with Gasteiger partial charge in [0.15, 0.2) is 0 Å². The summed E-state index contributed by atoms with van der Waals surface area (Å²) in [6.45, 7) is 21.0. The summed E-state index contributed by atoms with van der Waals surface area (Å²) < 4.78 is 0. The van der Waals surface area contributed by atoms with Gasteiger partial charge in [-0.15, -0.1) is 6.58 Å². The molecule has 28 heavy (non-hydrogen) atoms. The lowest BCUT2D eigenvalue weighted by atomic mass is 9.99. The summed E-state index contributed by atoms with van der Waals surface area (Å²) in [7, 11) is 0. The molecule has 0 nitrogen and oxygen atoms in total. The standard InChI is InChI=1S/C10H14.3C6H12/c1-3-9(2)10-7-5-4-6-8-10;1-4-6(3)5-2;2*1-3-5-6-4-2/h4-9H,3H2,1-2H3;4,6H,1,5H2,2-3H3;2*5-6H,3-4H2,1-2H3/b;;6-5+;6-5-. The molecule has 1 rings (SSSR count). The van der Waals surface area contributed by atoms with E-state index >= 15 is 0 Å². The summed E-state index contributed by atoms with van der Waals surface area (Å²) in [5.74, 6) is 1.41. The summed E-state index contributed by atoms with van der Waals surface area (Å²) in [4.78, 5) is 0. The predicted octanol–water partition coefficient (Wildman–Crippen LogP) is 10.1. The molecule has 2 atom stereocenters. The van der Waals surface area contributed by atoms with Gasteiger partial charge in [-0.2, -0.15) is 0 Å². The van der Waals surface area contributed by atoms with E-state index in [1.807, 2.05) is 6.08 Å². The van der Waals surface area contributed by atoms with Crippen LogP contribution in [0.2, 0.25) is 0 Å². The Morgan fingerprint density at radius 2 is 1.07 bits per heavy atom. The molecular weight excluding hydrogens is 336 g/mol. The second-order valence-electron chi connectivity index (χ2n) is 6.92. The average molecular weight is 387 g/mol. The van der Waals surface area contributed by atoms with Crippen LogP contribution in [0.25, 0.3) is 0 Å². The van der Waals surface area contributed by atoms with E-state index in [0.717, 1.165) is 0 Å². The molecule has 0 aliphatic rings. The van der Waals surface area contributed by atoms with Crippen LogP contribution in [0.15, 0.2) is 67.3 Å². The van der Waals surface area contributed by atoms with Gasteiger partial charge in [-0.1, -0.05) is 123 Å². The fourth-order valence-corrected chi connectivity index (χ4v) is 1.85. The van der Waals surface area contributed by atoms with E-state index in [9.17, 15) is 0 Å². The number of hydrogen-bond acceptors (Lipinski definition) is 0. The van der Waals surface area contributed by atoms with Gasteiger partial charge in [-0.05, 0) is 49.5 Å². The molecule has 0 aliphatic carbocycles. The van der Waals surface area contributed by atoms with Crippen LogP contribution in [0.1, 0.15) is 105 Å². The first-order valence-electron chi connectivity index (χ1n) is 11.5. The van der Waals surface area contributed by atoms with E-state index < -0.39 is 0 Å². The van der Waals surface area contributed by atoms with Crippen molar-refractivity contribution in [2.45, 2.75) is 99.8 Å². The van der Waals surface area contributed by atoms with Crippen LogP contribution < -0.4 is 0 Å². The fourth-order valence-electron chi connectivity index (χ4n) is 1.85. The van der Waals surface area contributed by atoms with E-state index in [1.165, 1.54) is 44.1 Å². The molecule has 0 fully saturated rings. The Bertz CT molecular complexity index is 412. The third kappa shape index (κ3) is 26.7. The molecule has 1 aromatic carbocycles. The number of hydrogen-bond donors (Lipinski definition) is 0. The van der Waals surface area contributed by atoms with Gasteiger partial charge in [0, 0.05) is 0 Å². The first-order valence-corrected chi connectivity index (χ1v) is 11.5. The molecule has 0 aliphatic heterocycles. The van der Waals surface area contributed by atoms with Gasteiger partial charge in [0.1, 0.15) is 0 Å². The van der Waals surface area contributed by atoms with Crippen molar-refractivity contribution < 1.29 is 0 Å². The molecule has 0 heteroatoms. The van der Waals surface area contributed by atoms with Crippen molar-refractivity contribution in [3.8, 4) is 0 Å². The second kappa shape index (κ2) is 27.7. The van der Waals surface area contributed by atoms with Crippen LogP contribution in [-0.4, -0.2) is 0 Å². The van der Waals surface area contributed by atoms with Crippen molar-refractivity contribution in [3.05, 3.63) is 72.9 Å². The Morgan fingerprint density at radius 3 is 1.29 bits per heavy atom. The summed E-state index contributed by atoms with van der Waals surface area (Å²) >= 11 is 0.